The van der Waals surface area contributed by atoms with Crippen LogP contribution >= 0.6 is 11.3 Å². The molecule has 0 aliphatic heterocycles. The fraction of sp³-hybridized carbons (Fsp3) is 0.188. The van der Waals surface area contributed by atoms with E-state index in [4.69, 9.17) is 10.5 Å². The first-order valence-electron chi connectivity index (χ1n) is 6.61. The van der Waals surface area contributed by atoms with Crippen LogP contribution in [0, 0.1) is 0 Å². The largest absolute Gasteiger partial charge is 0.494 e. The summed E-state index contributed by atoms with van der Waals surface area (Å²) in [5, 5.41) is 1.11. The van der Waals surface area contributed by atoms with Gasteiger partial charge in [-0.2, -0.15) is 0 Å². The molecule has 0 bridgehead atoms. The number of rotatable bonds is 4. The molecule has 3 aromatic rings. The van der Waals surface area contributed by atoms with Crippen molar-refractivity contribution in [1.82, 2.24) is 4.98 Å². The first-order valence-corrected chi connectivity index (χ1v) is 7.43. The third-order valence-corrected chi connectivity index (χ3v) is 4.07. The Balaban J connectivity index is 1.86. The topological polar surface area (TPSA) is 48.1 Å². The van der Waals surface area contributed by atoms with Crippen molar-refractivity contribution in [3.8, 4) is 5.75 Å². The van der Waals surface area contributed by atoms with Gasteiger partial charge in [0, 0.05) is 12.1 Å². The molecule has 0 saturated heterocycles. The predicted molar refractivity (Wildman–Crippen MR) is 84.4 cm³/mol. The third kappa shape index (κ3) is 2.75. The van der Waals surface area contributed by atoms with Crippen LogP contribution in [-0.2, 0) is 6.42 Å². The van der Waals surface area contributed by atoms with Crippen molar-refractivity contribution in [3.05, 3.63) is 53.0 Å². The number of nitrogen functional groups attached to an aromatic ring is 1. The number of nitrogens with zero attached hydrogens (tertiary/aromatic N) is 1. The summed E-state index contributed by atoms with van der Waals surface area (Å²) in [6, 6.07) is 14.0. The van der Waals surface area contributed by atoms with Crippen LogP contribution in [0.1, 0.15) is 17.5 Å². The summed E-state index contributed by atoms with van der Waals surface area (Å²) in [7, 11) is 0. The minimum Gasteiger partial charge on any atom is -0.494 e. The van der Waals surface area contributed by atoms with Gasteiger partial charge in [0.15, 0.2) is 0 Å². The average molecular weight is 284 g/mol. The van der Waals surface area contributed by atoms with Gasteiger partial charge in [-0.1, -0.05) is 12.1 Å². The van der Waals surface area contributed by atoms with E-state index in [1.165, 1.54) is 10.3 Å². The first-order chi connectivity index (χ1) is 9.74. The van der Waals surface area contributed by atoms with E-state index in [1.807, 2.05) is 43.3 Å². The summed E-state index contributed by atoms with van der Waals surface area (Å²) in [5.41, 5.74) is 8.75. The summed E-state index contributed by atoms with van der Waals surface area (Å²) < 4.78 is 6.69. The lowest BCUT2D eigenvalue weighted by atomic mass is 10.1. The molecule has 0 aliphatic rings. The Morgan fingerprint density at radius 3 is 2.70 bits per heavy atom. The lowest BCUT2D eigenvalue weighted by Crippen LogP contribution is -1.90. The lowest BCUT2D eigenvalue weighted by Gasteiger charge is -2.00. The molecular weight excluding hydrogens is 268 g/mol. The molecule has 3 nitrogen and oxygen atoms in total. The first kappa shape index (κ1) is 12.9. The molecule has 3 rings (SSSR count). The van der Waals surface area contributed by atoms with E-state index in [2.05, 4.69) is 11.1 Å². The van der Waals surface area contributed by atoms with Crippen LogP contribution in [0.2, 0.25) is 0 Å². The number of aromatic nitrogens is 1. The Morgan fingerprint density at radius 1 is 1.15 bits per heavy atom. The molecule has 0 saturated carbocycles. The summed E-state index contributed by atoms with van der Waals surface area (Å²) >= 11 is 1.71. The molecule has 20 heavy (non-hydrogen) atoms. The van der Waals surface area contributed by atoms with Gasteiger partial charge in [0.05, 0.1) is 21.8 Å². The van der Waals surface area contributed by atoms with E-state index < -0.39 is 0 Å². The van der Waals surface area contributed by atoms with E-state index >= 15 is 0 Å². The smallest absolute Gasteiger partial charge is 0.120 e. The fourth-order valence-electron chi connectivity index (χ4n) is 2.09. The van der Waals surface area contributed by atoms with Gasteiger partial charge in [-0.05, 0) is 42.8 Å². The van der Waals surface area contributed by atoms with E-state index in [0.717, 1.165) is 28.4 Å². The standard InChI is InChI=1S/C16H16N2OS/c1-2-19-13-7-8-14-15(10-13)20-16(18-14)9-11-3-5-12(17)6-4-11/h3-8,10H,2,9,17H2,1H3. The molecule has 1 heterocycles. The van der Waals surface area contributed by atoms with E-state index in [-0.39, 0.29) is 0 Å². The van der Waals surface area contributed by atoms with Crippen molar-refractivity contribution < 1.29 is 4.74 Å². The molecule has 0 radical (unpaired) electrons. The van der Waals surface area contributed by atoms with Gasteiger partial charge in [0.25, 0.3) is 0 Å². The number of fused-ring (bicyclic) bond motifs is 1. The maximum atomic E-state index is 5.70. The highest BCUT2D eigenvalue weighted by Crippen LogP contribution is 2.27. The maximum Gasteiger partial charge on any atom is 0.120 e. The lowest BCUT2D eigenvalue weighted by molar-refractivity contribution is 0.341. The van der Waals surface area contributed by atoms with Gasteiger partial charge in [-0.15, -0.1) is 11.3 Å². The van der Waals surface area contributed by atoms with Crippen LogP contribution in [-0.4, -0.2) is 11.6 Å². The molecule has 0 unspecified atom stereocenters. The summed E-state index contributed by atoms with van der Waals surface area (Å²) in [6.45, 7) is 2.67. The van der Waals surface area contributed by atoms with Crippen molar-refractivity contribution in [1.29, 1.82) is 0 Å². The number of ether oxygens (including phenoxy) is 1. The van der Waals surface area contributed by atoms with Crippen molar-refractivity contribution in [2.45, 2.75) is 13.3 Å². The van der Waals surface area contributed by atoms with Crippen molar-refractivity contribution in [2.75, 3.05) is 12.3 Å². The molecule has 2 N–H and O–H groups in total. The van der Waals surface area contributed by atoms with Gasteiger partial charge in [0.1, 0.15) is 5.75 Å². The van der Waals surface area contributed by atoms with Gasteiger partial charge >= 0.3 is 0 Å². The molecule has 4 heteroatoms. The van der Waals surface area contributed by atoms with Gasteiger partial charge < -0.3 is 10.5 Å². The van der Waals surface area contributed by atoms with E-state index in [1.54, 1.807) is 11.3 Å². The highest BCUT2D eigenvalue weighted by molar-refractivity contribution is 7.18. The molecule has 2 aromatic carbocycles. The highest BCUT2D eigenvalue weighted by Gasteiger charge is 2.06. The van der Waals surface area contributed by atoms with Crippen LogP contribution < -0.4 is 10.5 Å². The zero-order valence-electron chi connectivity index (χ0n) is 11.3. The molecule has 0 amide bonds. The summed E-state index contributed by atoms with van der Waals surface area (Å²) in [6.07, 6.45) is 0.837. The molecule has 0 atom stereocenters. The number of nitrogens with two attached hydrogens (primary N) is 1. The van der Waals surface area contributed by atoms with Gasteiger partial charge in [-0.25, -0.2) is 4.98 Å². The second-order valence-electron chi connectivity index (χ2n) is 4.59. The average Bonchev–Trinajstić information content (AvgIpc) is 2.83. The number of anilines is 1. The quantitative estimate of drug-likeness (QED) is 0.740. The monoisotopic (exact) mass is 284 g/mol. The molecule has 1 aromatic heterocycles. The second kappa shape index (κ2) is 5.51. The Morgan fingerprint density at radius 2 is 1.95 bits per heavy atom. The van der Waals surface area contributed by atoms with Crippen molar-refractivity contribution in [2.24, 2.45) is 0 Å². The van der Waals surface area contributed by atoms with Crippen LogP contribution in [0.3, 0.4) is 0 Å². The van der Waals surface area contributed by atoms with Crippen LogP contribution in [0.5, 0.6) is 5.75 Å². The Hall–Kier alpha value is -2.07. The number of hydrogen-bond donors (Lipinski definition) is 1. The molecule has 0 fully saturated rings. The number of benzene rings is 2. The molecule has 102 valence electrons. The van der Waals surface area contributed by atoms with Crippen molar-refractivity contribution in [3.63, 3.8) is 0 Å². The van der Waals surface area contributed by atoms with Crippen LogP contribution in [0.4, 0.5) is 5.69 Å². The maximum absolute atomic E-state index is 5.70. The molecule has 0 aliphatic carbocycles. The third-order valence-electron chi connectivity index (χ3n) is 3.05. The summed E-state index contributed by atoms with van der Waals surface area (Å²) in [5.74, 6) is 0.905. The Bertz CT molecular complexity index is 719. The minimum atomic E-state index is 0.683. The highest BCUT2D eigenvalue weighted by atomic mass is 32.1. The molecular formula is C16H16N2OS. The normalized spacial score (nSPS) is 10.8. The summed E-state index contributed by atoms with van der Waals surface area (Å²) in [4.78, 5) is 4.66. The van der Waals surface area contributed by atoms with Gasteiger partial charge in [0.2, 0.25) is 0 Å². The van der Waals surface area contributed by atoms with Crippen molar-refractivity contribution >= 4 is 27.2 Å². The number of thiazole rings is 1. The zero-order chi connectivity index (χ0) is 13.9. The Kier molecular flexibility index (Phi) is 3.56. The van der Waals surface area contributed by atoms with E-state index in [0.29, 0.717) is 6.61 Å². The minimum absolute atomic E-state index is 0.683. The van der Waals surface area contributed by atoms with Crippen LogP contribution in [0.15, 0.2) is 42.5 Å². The SMILES string of the molecule is CCOc1ccc2nc(Cc3ccc(N)cc3)sc2c1. The predicted octanol–water partition coefficient (Wildman–Crippen LogP) is 3.87. The van der Waals surface area contributed by atoms with Gasteiger partial charge in [-0.3, -0.25) is 0 Å². The second-order valence-corrected chi connectivity index (χ2v) is 5.70. The fourth-order valence-corrected chi connectivity index (χ4v) is 3.12. The molecule has 0 spiro atoms. The number of hydrogen-bond acceptors (Lipinski definition) is 4. The Labute approximate surface area is 122 Å². The zero-order valence-corrected chi connectivity index (χ0v) is 12.1. The van der Waals surface area contributed by atoms with Crippen LogP contribution in [0.25, 0.3) is 10.2 Å². The van der Waals surface area contributed by atoms with E-state index in [9.17, 15) is 0 Å².